The Morgan fingerprint density at radius 2 is 1.82 bits per heavy atom. The number of carbonyl (C=O) groups is 2. The minimum Gasteiger partial charge on any atom is -0.493 e. The normalized spacial score (nSPS) is 19.9. The highest BCUT2D eigenvalue weighted by molar-refractivity contribution is 5.75. The Balaban J connectivity index is 2.31. The van der Waals surface area contributed by atoms with E-state index >= 15 is 0 Å². The van der Waals surface area contributed by atoms with Crippen molar-refractivity contribution < 1.29 is 38.4 Å². The molecule has 1 amide bonds. The molecule has 1 aromatic carbocycles. The van der Waals surface area contributed by atoms with E-state index in [2.05, 4.69) is 5.32 Å². The number of alkyl carbamates (subject to hydrolysis) is 1. The number of aliphatic hydroxyl groups is 1. The molecule has 5 atom stereocenters. The van der Waals surface area contributed by atoms with Crippen molar-refractivity contribution in [3.63, 3.8) is 0 Å². The van der Waals surface area contributed by atoms with Crippen LogP contribution in [0.5, 0.6) is 11.5 Å². The van der Waals surface area contributed by atoms with Gasteiger partial charge >= 0.3 is 12.1 Å². The van der Waals surface area contributed by atoms with Crippen LogP contribution in [-0.4, -0.2) is 62.3 Å². The second-order valence-corrected chi connectivity index (χ2v) is 12.0. The molecule has 2 N–H and O–H groups in total. The number of benzene rings is 1. The summed E-state index contributed by atoms with van der Waals surface area (Å²) in [5, 5.41) is 14.5. The zero-order valence-electron chi connectivity index (χ0n) is 25.1. The third kappa shape index (κ3) is 9.87. The molecule has 1 saturated heterocycles. The lowest BCUT2D eigenvalue weighted by molar-refractivity contribution is -0.146. The van der Waals surface area contributed by atoms with E-state index in [0.29, 0.717) is 43.1 Å². The highest BCUT2D eigenvalue weighted by atomic mass is 16.6. The Morgan fingerprint density at radius 3 is 2.36 bits per heavy atom. The summed E-state index contributed by atoms with van der Waals surface area (Å²) in [7, 11) is 3.22. The summed E-state index contributed by atoms with van der Waals surface area (Å²) in [5.41, 5.74) is -0.00279. The Morgan fingerprint density at radius 1 is 1.13 bits per heavy atom. The van der Waals surface area contributed by atoms with Crippen LogP contribution < -0.4 is 14.8 Å². The van der Waals surface area contributed by atoms with Gasteiger partial charge in [0.05, 0.1) is 31.8 Å². The van der Waals surface area contributed by atoms with Crippen molar-refractivity contribution in [1.29, 1.82) is 0 Å². The first-order chi connectivity index (χ1) is 18.3. The van der Waals surface area contributed by atoms with Gasteiger partial charge in [-0.05, 0) is 69.1 Å². The molecular weight excluding hydrogens is 502 g/mol. The molecule has 1 aromatic rings. The lowest BCUT2D eigenvalue weighted by atomic mass is 9.80. The van der Waals surface area contributed by atoms with Crippen LogP contribution >= 0.6 is 0 Å². The first-order valence-electron chi connectivity index (χ1n) is 13.9. The molecule has 0 saturated carbocycles. The highest BCUT2D eigenvalue weighted by Gasteiger charge is 2.43. The van der Waals surface area contributed by atoms with Crippen LogP contribution in [0.25, 0.3) is 0 Å². The molecule has 1 heterocycles. The minimum absolute atomic E-state index is 0.0501. The van der Waals surface area contributed by atoms with Gasteiger partial charge in [0.25, 0.3) is 0 Å². The Kier molecular flexibility index (Phi) is 12.4. The number of rotatable bonds is 14. The van der Waals surface area contributed by atoms with Gasteiger partial charge < -0.3 is 34.1 Å². The Labute approximate surface area is 233 Å². The second kappa shape index (κ2) is 14.7. The maximum absolute atomic E-state index is 12.8. The van der Waals surface area contributed by atoms with Gasteiger partial charge in [-0.15, -0.1) is 0 Å². The van der Waals surface area contributed by atoms with Crippen LogP contribution in [0.4, 0.5) is 4.79 Å². The number of hydrogen-bond donors (Lipinski definition) is 2. The van der Waals surface area contributed by atoms with E-state index in [-0.39, 0.29) is 29.6 Å². The zero-order chi connectivity index (χ0) is 29.3. The minimum atomic E-state index is -0.863. The molecule has 0 spiro atoms. The first kappa shape index (κ1) is 32.7. The number of nitrogens with one attached hydrogen (secondary N) is 1. The maximum atomic E-state index is 12.8. The predicted octanol–water partition coefficient (Wildman–Crippen LogP) is 5.29. The summed E-state index contributed by atoms with van der Waals surface area (Å²) in [6.45, 7) is 14.5. The lowest BCUT2D eigenvalue weighted by Crippen LogP contribution is -2.47. The van der Waals surface area contributed by atoms with Crippen LogP contribution in [0.15, 0.2) is 18.2 Å². The van der Waals surface area contributed by atoms with Gasteiger partial charge in [-0.1, -0.05) is 33.8 Å². The molecule has 1 aliphatic heterocycles. The molecule has 39 heavy (non-hydrogen) atoms. The van der Waals surface area contributed by atoms with Crippen molar-refractivity contribution in [3.8, 4) is 11.5 Å². The summed E-state index contributed by atoms with van der Waals surface area (Å²) >= 11 is 0. The van der Waals surface area contributed by atoms with Crippen LogP contribution in [-0.2, 0) is 19.0 Å². The molecule has 2 rings (SSSR count). The highest BCUT2D eigenvalue weighted by Crippen LogP contribution is 2.39. The molecule has 1 fully saturated rings. The first-order valence-corrected chi connectivity index (χ1v) is 13.9. The average Bonchev–Trinajstić information content (AvgIpc) is 3.24. The van der Waals surface area contributed by atoms with Gasteiger partial charge in [0, 0.05) is 20.1 Å². The summed E-state index contributed by atoms with van der Waals surface area (Å²) in [6.07, 6.45) is -0.350. The largest absolute Gasteiger partial charge is 0.493 e. The molecule has 222 valence electrons. The van der Waals surface area contributed by atoms with Gasteiger partial charge in [0.2, 0.25) is 0 Å². The number of amides is 1. The second-order valence-electron chi connectivity index (χ2n) is 12.0. The van der Waals surface area contributed by atoms with E-state index in [1.165, 1.54) is 0 Å². The molecule has 1 aliphatic rings. The van der Waals surface area contributed by atoms with E-state index in [1.54, 1.807) is 47.1 Å². The monoisotopic (exact) mass is 551 g/mol. The number of carbonyl (C=O) groups excluding carboxylic acids is 2. The zero-order valence-corrected chi connectivity index (χ0v) is 25.1. The summed E-state index contributed by atoms with van der Waals surface area (Å²) in [5.74, 6) is 0.535. The SMILES string of the molecule is COCCCOc1cc(C(O)[C@@H](C[C@H](NC(=O)OC(C)(C)C)[C@@H]2CC(C(C)C)C(=O)O2)C(C)C)ccc1OC. The van der Waals surface area contributed by atoms with Crippen molar-refractivity contribution in [1.82, 2.24) is 5.32 Å². The number of methoxy groups -OCH3 is 2. The number of cyclic esters (lactones) is 1. The smallest absolute Gasteiger partial charge is 0.408 e. The lowest BCUT2D eigenvalue weighted by Gasteiger charge is -2.33. The Bertz CT molecular complexity index is 926. The number of esters is 1. The predicted molar refractivity (Wildman–Crippen MR) is 149 cm³/mol. The third-order valence-electron chi connectivity index (χ3n) is 7.08. The fraction of sp³-hybridized carbons (Fsp3) is 0.733. The van der Waals surface area contributed by atoms with Gasteiger partial charge in [-0.3, -0.25) is 4.79 Å². The molecule has 0 radical (unpaired) electrons. The molecule has 0 bridgehead atoms. The maximum Gasteiger partial charge on any atom is 0.408 e. The van der Waals surface area contributed by atoms with Crippen molar-refractivity contribution in [2.75, 3.05) is 27.4 Å². The third-order valence-corrected chi connectivity index (χ3v) is 7.08. The van der Waals surface area contributed by atoms with Crippen molar-refractivity contribution in [2.24, 2.45) is 23.7 Å². The summed E-state index contributed by atoms with van der Waals surface area (Å²) in [6, 6.07) is 4.87. The average molecular weight is 552 g/mol. The molecule has 9 heteroatoms. The standard InChI is InChI=1S/C30H49NO8/c1-18(2)21(27(32)20-11-12-24(36-9)26(15-20)37-14-10-13-35-8)16-23(31-29(34)39-30(5,6)7)25-17-22(19(3)4)28(33)38-25/h11-12,15,18-19,21-23,25,27,32H,10,13-14,16-17H2,1-9H3,(H,31,34)/t21-,22?,23-,25-,27?/m0/s1. The van der Waals surface area contributed by atoms with Gasteiger partial charge in [-0.25, -0.2) is 4.79 Å². The van der Waals surface area contributed by atoms with Crippen LogP contribution in [0.2, 0.25) is 0 Å². The Hall–Kier alpha value is -2.52. The van der Waals surface area contributed by atoms with Crippen molar-refractivity contribution in [3.05, 3.63) is 23.8 Å². The number of ether oxygens (including phenoxy) is 5. The quantitative estimate of drug-likeness (QED) is 0.237. The molecule has 2 unspecified atom stereocenters. The van der Waals surface area contributed by atoms with E-state index in [9.17, 15) is 14.7 Å². The molecule has 0 aliphatic carbocycles. The van der Waals surface area contributed by atoms with E-state index in [4.69, 9.17) is 23.7 Å². The van der Waals surface area contributed by atoms with E-state index in [1.807, 2.05) is 33.8 Å². The van der Waals surface area contributed by atoms with Crippen molar-refractivity contribution >= 4 is 12.1 Å². The van der Waals surface area contributed by atoms with E-state index in [0.717, 1.165) is 6.42 Å². The summed E-state index contributed by atoms with van der Waals surface area (Å²) < 4.78 is 27.8. The number of hydrogen-bond acceptors (Lipinski definition) is 8. The summed E-state index contributed by atoms with van der Waals surface area (Å²) in [4.78, 5) is 25.4. The topological polar surface area (TPSA) is 113 Å². The molecular formula is C30H49NO8. The van der Waals surface area contributed by atoms with Gasteiger partial charge in [0.15, 0.2) is 11.5 Å². The van der Waals surface area contributed by atoms with Gasteiger partial charge in [0.1, 0.15) is 11.7 Å². The van der Waals surface area contributed by atoms with E-state index < -0.39 is 29.9 Å². The van der Waals surface area contributed by atoms with Gasteiger partial charge in [-0.2, -0.15) is 0 Å². The number of aliphatic hydroxyl groups excluding tert-OH is 1. The fourth-order valence-electron chi connectivity index (χ4n) is 4.87. The van der Waals surface area contributed by atoms with Crippen LogP contribution in [0.3, 0.4) is 0 Å². The molecule has 0 aromatic heterocycles. The fourth-order valence-corrected chi connectivity index (χ4v) is 4.87. The van der Waals surface area contributed by atoms with Crippen molar-refractivity contribution in [2.45, 2.75) is 91.6 Å². The van der Waals surface area contributed by atoms with Crippen LogP contribution in [0.1, 0.15) is 79.4 Å². The molecule has 9 nitrogen and oxygen atoms in total. The van der Waals surface area contributed by atoms with Crippen LogP contribution in [0, 0.1) is 23.7 Å².